The van der Waals surface area contributed by atoms with Crippen LogP contribution >= 0.6 is 11.6 Å². The van der Waals surface area contributed by atoms with Gasteiger partial charge in [-0.2, -0.15) is 0 Å². The quantitative estimate of drug-likeness (QED) is 0.686. The number of aliphatic hydroxyl groups excluding tert-OH is 1. The maximum absolute atomic E-state index is 11.4. The monoisotopic (exact) mass is 412 g/mol. The number of imidazole rings is 1. The van der Waals surface area contributed by atoms with Crippen LogP contribution in [0, 0.1) is 11.8 Å². The first-order valence-corrected chi connectivity index (χ1v) is 10.1. The molecule has 2 N–H and O–H groups in total. The molecule has 1 saturated heterocycles. The van der Waals surface area contributed by atoms with Gasteiger partial charge in [0.05, 0.1) is 34.5 Å². The number of fused-ring (bicyclic) bond motifs is 2. The van der Waals surface area contributed by atoms with Crippen molar-refractivity contribution in [2.75, 3.05) is 18.0 Å². The van der Waals surface area contributed by atoms with Crippen molar-refractivity contribution < 1.29 is 15.0 Å². The average molecular weight is 413 g/mol. The molecule has 5 rings (SSSR count). The van der Waals surface area contributed by atoms with Gasteiger partial charge in [-0.1, -0.05) is 23.7 Å². The third kappa shape index (κ3) is 3.14. The second kappa shape index (κ2) is 7.00. The highest BCUT2D eigenvalue weighted by atomic mass is 35.5. The molecule has 1 aliphatic heterocycles. The minimum atomic E-state index is -1.13. The molecule has 0 amide bonds. The van der Waals surface area contributed by atoms with E-state index in [2.05, 4.69) is 19.4 Å². The highest BCUT2D eigenvalue weighted by molar-refractivity contribution is 6.33. The number of hydrogen-bond acceptors (Lipinski definition) is 5. The zero-order valence-electron chi connectivity index (χ0n) is 15.6. The lowest BCUT2D eigenvalue weighted by atomic mass is 9.77. The highest BCUT2D eigenvalue weighted by Gasteiger charge is 2.43. The zero-order chi connectivity index (χ0) is 20.1. The summed E-state index contributed by atoms with van der Waals surface area (Å²) < 4.78 is 2.10. The van der Waals surface area contributed by atoms with Crippen molar-refractivity contribution in [3.63, 3.8) is 0 Å². The second-order valence-electron chi connectivity index (χ2n) is 7.98. The van der Waals surface area contributed by atoms with Crippen LogP contribution < -0.4 is 4.90 Å². The third-order valence-electron chi connectivity index (χ3n) is 6.31. The van der Waals surface area contributed by atoms with E-state index in [1.165, 1.54) is 0 Å². The molecular weight excluding hydrogens is 392 g/mol. The SMILES string of the molecule is O=C(O)c1nc(N2C[C@H]3C[C@@H](n4cnc5ccccc54)[C@H](O)C[C@H]3C2)ccc1Cl. The van der Waals surface area contributed by atoms with E-state index in [1.807, 2.05) is 30.6 Å². The molecule has 2 fully saturated rings. The Bertz CT molecular complexity index is 1080. The Morgan fingerprint density at radius 1 is 1.10 bits per heavy atom. The fraction of sp³-hybridized carbons (Fsp3) is 0.381. The average Bonchev–Trinajstić information content (AvgIpc) is 3.31. The van der Waals surface area contributed by atoms with Gasteiger partial charge in [0.2, 0.25) is 0 Å². The fourth-order valence-corrected chi connectivity index (χ4v) is 5.08. The van der Waals surface area contributed by atoms with E-state index in [9.17, 15) is 15.0 Å². The van der Waals surface area contributed by atoms with Gasteiger partial charge in [-0.05, 0) is 48.9 Å². The summed E-state index contributed by atoms with van der Waals surface area (Å²) >= 11 is 5.96. The maximum atomic E-state index is 11.4. The number of benzene rings is 1. The summed E-state index contributed by atoms with van der Waals surface area (Å²) in [6.45, 7) is 1.54. The smallest absolute Gasteiger partial charge is 0.356 e. The van der Waals surface area contributed by atoms with E-state index >= 15 is 0 Å². The Morgan fingerprint density at radius 3 is 2.66 bits per heavy atom. The summed E-state index contributed by atoms with van der Waals surface area (Å²) in [5.74, 6) is 0.244. The van der Waals surface area contributed by atoms with Crippen LogP contribution in [0.15, 0.2) is 42.7 Å². The van der Waals surface area contributed by atoms with Crippen LogP contribution in [0.4, 0.5) is 5.82 Å². The normalized spacial score (nSPS) is 26.6. The van der Waals surface area contributed by atoms with Crippen LogP contribution in [0.3, 0.4) is 0 Å². The summed E-state index contributed by atoms with van der Waals surface area (Å²) in [5.41, 5.74) is 1.85. The Kier molecular flexibility index (Phi) is 4.44. The first-order chi connectivity index (χ1) is 14.0. The summed E-state index contributed by atoms with van der Waals surface area (Å²) in [5, 5.41) is 20.3. The first kappa shape index (κ1) is 18.4. The van der Waals surface area contributed by atoms with E-state index in [4.69, 9.17) is 11.6 Å². The number of nitrogens with zero attached hydrogens (tertiary/aromatic N) is 4. The van der Waals surface area contributed by atoms with E-state index in [0.717, 1.165) is 30.5 Å². The van der Waals surface area contributed by atoms with E-state index in [0.29, 0.717) is 24.1 Å². The molecule has 0 unspecified atom stereocenters. The molecule has 0 spiro atoms. The summed E-state index contributed by atoms with van der Waals surface area (Å²) in [6.07, 6.45) is 2.94. The van der Waals surface area contributed by atoms with Crippen LogP contribution in [0.5, 0.6) is 0 Å². The van der Waals surface area contributed by atoms with Crippen molar-refractivity contribution >= 4 is 34.4 Å². The molecule has 1 aliphatic carbocycles. The van der Waals surface area contributed by atoms with E-state index in [1.54, 1.807) is 12.1 Å². The lowest BCUT2D eigenvalue weighted by molar-refractivity contribution is 0.0375. The van der Waals surface area contributed by atoms with Crippen molar-refractivity contribution in [3.8, 4) is 0 Å². The van der Waals surface area contributed by atoms with Crippen molar-refractivity contribution in [2.24, 2.45) is 11.8 Å². The Morgan fingerprint density at radius 2 is 1.86 bits per heavy atom. The molecule has 0 bridgehead atoms. The second-order valence-corrected chi connectivity index (χ2v) is 8.38. The van der Waals surface area contributed by atoms with Gasteiger partial charge in [0, 0.05) is 13.1 Å². The van der Waals surface area contributed by atoms with Gasteiger partial charge in [-0.25, -0.2) is 14.8 Å². The van der Waals surface area contributed by atoms with Crippen molar-refractivity contribution in [1.29, 1.82) is 0 Å². The molecule has 0 radical (unpaired) electrons. The largest absolute Gasteiger partial charge is 0.476 e. The number of carbonyl (C=O) groups is 1. The third-order valence-corrected chi connectivity index (χ3v) is 6.61. The van der Waals surface area contributed by atoms with Gasteiger partial charge in [0.15, 0.2) is 5.69 Å². The molecule has 1 aromatic carbocycles. The number of aromatic carboxylic acids is 1. The summed E-state index contributed by atoms with van der Waals surface area (Å²) in [4.78, 5) is 22.2. The van der Waals surface area contributed by atoms with Gasteiger partial charge in [0.1, 0.15) is 5.82 Å². The van der Waals surface area contributed by atoms with Crippen molar-refractivity contribution in [1.82, 2.24) is 14.5 Å². The molecule has 7 nitrogen and oxygen atoms in total. The molecule has 150 valence electrons. The fourth-order valence-electron chi connectivity index (χ4n) is 4.89. The molecule has 29 heavy (non-hydrogen) atoms. The number of hydrogen-bond donors (Lipinski definition) is 2. The standard InChI is InChI=1S/C21H21ClN4O3/c22-14-5-6-19(24-20(14)21(28)29)25-9-12-7-17(18(27)8-13(12)10-25)26-11-23-15-3-1-2-4-16(15)26/h1-6,11-13,17-18,27H,7-10H2,(H,28,29)/t12-,13+,17-,18-/m1/s1. The molecule has 3 heterocycles. The Balaban J connectivity index is 1.39. The number of aromatic nitrogens is 3. The molecule has 2 aliphatic rings. The van der Waals surface area contributed by atoms with Crippen LogP contribution in [0.25, 0.3) is 11.0 Å². The van der Waals surface area contributed by atoms with Gasteiger partial charge >= 0.3 is 5.97 Å². The number of rotatable bonds is 3. The van der Waals surface area contributed by atoms with Gasteiger partial charge in [0.25, 0.3) is 0 Å². The van der Waals surface area contributed by atoms with Crippen molar-refractivity contribution in [3.05, 3.63) is 53.4 Å². The Hall–Kier alpha value is -2.64. The van der Waals surface area contributed by atoms with Crippen LogP contribution in [-0.2, 0) is 0 Å². The lowest BCUT2D eigenvalue weighted by Gasteiger charge is -2.36. The molecule has 3 aromatic rings. The lowest BCUT2D eigenvalue weighted by Crippen LogP contribution is -2.36. The Labute approximate surface area is 172 Å². The summed E-state index contributed by atoms with van der Waals surface area (Å²) in [6, 6.07) is 11.3. The van der Waals surface area contributed by atoms with E-state index < -0.39 is 12.1 Å². The number of aliphatic hydroxyl groups is 1. The number of carboxylic acid groups (broad SMARTS) is 1. The van der Waals surface area contributed by atoms with Crippen LogP contribution in [-0.4, -0.2) is 49.9 Å². The van der Waals surface area contributed by atoms with Crippen molar-refractivity contribution in [2.45, 2.75) is 25.0 Å². The minimum absolute atomic E-state index is 0.0173. The topological polar surface area (TPSA) is 91.5 Å². The van der Waals surface area contributed by atoms with Crippen LogP contribution in [0.2, 0.25) is 5.02 Å². The molecule has 4 atom stereocenters. The highest BCUT2D eigenvalue weighted by Crippen LogP contribution is 2.43. The molecule has 2 aromatic heterocycles. The number of halogens is 1. The summed E-state index contributed by atoms with van der Waals surface area (Å²) in [7, 11) is 0. The number of carboxylic acids is 1. The predicted octanol–water partition coefficient (Wildman–Crippen LogP) is 3.23. The number of para-hydroxylation sites is 2. The van der Waals surface area contributed by atoms with Gasteiger partial charge in [-0.3, -0.25) is 0 Å². The predicted molar refractivity (Wildman–Crippen MR) is 109 cm³/mol. The van der Waals surface area contributed by atoms with Gasteiger partial charge in [-0.15, -0.1) is 0 Å². The minimum Gasteiger partial charge on any atom is -0.476 e. The first-order valence-electron chi connectivity index (χ1n) is 9.75. The molecule has 8 heteroatoms. The van der Waals surface area contributed by atoms with Gasteiger partial charge < -0.3 is 19.7 Å². The zero-order valence-corrected chi connectivity index (χ0v) is 16.4. The maximum Gasteiger partial charge on any atom is 0.356 e. The molecular formula is C21H21ClN4O3. The number of anilines is 1. The van der Waals surface area contributed by atoms with E-state index in [-0.39, 0.29) is 16.8 Å². The molecule has 1 saturated carbocycles. The van der Waals surface area contributed by atoms with Crippen LogP contribution in [0.1, 0.15) is 29.4 Å². The number of pyridine rings is 1.